The van der Waals surface area contributed by atoms with Crippen molar-refractivity contribution in [2.75, 3.05) is 19.5 Å². The lowest BCUT2D eigenvalue weighted by Crippen LogP contribution is -1.94. The lowest BCUT2D eigenvalue weighted by Gasteiger charge is -2.00. The minimum Gasteiger partial charge on any atom is -0.497 e. The number of aromatic amines is 1. The van der Waals surface area contributed by atoms with Gasteiger partial charge in [-0.05, 0) is 23.9 Å². The van der Waals surface area contributed by atoms with E-state index in [1.54, 1.807) is 19.5 Å². The van der Waals surface area contributed by atoms with Gasteiger partial charge in [0.1, 0.15) is 16.6 Å². The van der Waals surface area contributed by atoms with Gasteiger partial charge in [-0.3, -0.25) is 4.98 Å². The molecule has 102 valence electrons. The standard InChI is InChI=1S/C13H13N5OS/c1-14-11-6-15-7-12(18-11)20-13-16-9-4-3-8(19-2)5-10(9)17-13/h3-7H,1-2H3,(H,14,18)(H,16,17). The molecule has 0 radical (unpaired) electrons. The normalized spacial score (nSPS) is 10.7. The highest BCUT2D eigenvalue weighted by molar-refractivity contribution is 7.99. The number of anilines is 1. The molecule has 0 unspecified atom stereocenters. The summed E-state index contributed by atoms with van der Waals surface area (Å²) in [5.41, 5.74) is 1.83. The fraction of sp³-hybridized carbons (Fsp3) is 0.154. The van der Waals surface area contributed by atoms with E-state index in [0.29, 0.717) is 0 Å². The molecule has 1 aromatic carbocycles. The number of methoxy groups -OCH3 is 1. The first-order valence-corrected chi connectivity index (χ1v) is 6.81. The second kappa shape index (κ2) is 5.38. The van der Waals surface area contributed by atoms with E-state index < -0.39 is 0 Å². The number of nitrogens with zero attached hydrogens (tertiary/aromatic N) is 3. The van der Waals surface area contributed by atoms with Gasteiger partial charge < -0.3 is 15.0 Å². The second-order valence-electron chi connectivity index (χ2n) is 4.02. The zero-order chi connectivity index (χ0) is 13.9. The summed E-state index contributed by atoms with van der Waals surface area (Å²) in [6.45, 7) is 0. The van der Waals surface area contributed by atoms with Gasteiger partial charge in [0.2, 0.25) is 0 Å². The van der Waals surface area contributed by atoms with Crippen LogP contribution in [-0.2, 0) is 0 Å². The summed E-state index contributed by atoms with van der Waals surface area (Å²) in [6, 6.07) is 5.73. The van der Waals surface area contributed by atoms with E-state index in [-0.39, 0.29) is 0 Å². The summed E-state index contributed by atoms with van der Waals surface area (Å²) < 4.78 is 5.19. The minimum atomic E-state index is 0.729. The highest BCUT2D eigenvalue weighted by Crippen LogP contribution is 2.27. The van der Waals surface area contributed by atoms with Crippen LogP contribution in [0, 0.1) is 0 Å². The zero-order valence-electron chi connectivity index (χ0n) is 11.0. The number of imidazole rings is 1. The number of rotatable bonds is 4. The molecule has 3 rings (SSSR count). The first-order chi connectivity index (χ1) is 9.78. The van der Waals surface area contributed by atoms with Gasteiger partial charge in [-0.1, -0.05) is 0 Å². The number of ether oxygens (including phenoxy) is 1. The lowest BCUT2D eigenvalue weighted by atomic mass is 10.3. The smallest absolute Gasteiger partial charge is 0.172 e. The first kappa shape index (κ1) is 12.7. The Balaban J connectivity index is 1.90. The Morgan fingerprint density at radius 3 is 2.95 bits per heavy atom. The van der Waals surface area contributed by atoms with Gasteiger partial charge >= 0.3 is 0 Å². The van der Waals surface area contributed by atoms with Gasteiger partial charge in [-0.2, -0.15) is 0 Å². The number of benzene rings is 1. The van der Waals surface area contributed by atoms with E-state index in [2.05, 4.69) is 25.3 Å². The monoisotopic (exact) mass is 287 g/mol. The Morgan fingerprint density at radius 1 is 1.25 bits per heavy atom. The SMILES string of the molecule is CNc1cncc(Sc2nc3ccc(OC)cc3[nH]2)n1. The molecule has 7 heteroatoms. The van der Waals surface area contributed by atoms with Gasteiger partial charge in [-0.15, -0.1) is 0 Å². The molecule has 0 atom stereocenters. The van der Waals surface area contributed by atoms with E-state index in [1.165, 1.54) is 11.8 Å². The summed E-state index contributed by atoms with van der Waals surface area (Å²) >= 11 is 1.44. The molecule has 0 aliphatic heterocycles. The van der Waals surface area contributed by atoms with E-state index >= 15 is 0 Å². The van der Waals surface area contributed by atoms with Gasteiger partial charge in [0.15, 0.2) is 5.16 Å². The van der Waals surface area contributed by atoms with Crippen LogP contribution < -0.4 is 10.1 Å². The Labute approximate surface area is 120 Å². The average Bonchev–Trinajstić information content (AvgIpc) is 2.88. The molecule has 0 amide bonds. The summed E-state index contributed by atoms with van der Waals surface area (Å²) in [5, 5.41) is 4.52. The maximum atomic E-state index is 5.19. The van der Waals surface area contributed by atoms with Crippen molar-refractivity contribution in [2.45, 2.75) is 10.2 Å². The van der Waals surface area contributed by atoms with Crippen molar-refractivity contribution in [2.24, 2.45) is 0 Å². The summed E-state index contributed by atoms with van der Waals surface area (Å²) in [5.74, 6) is 1.53. The first-order valence-electron chi connectivity index (χ1n) is 6.00. The van der Waals surface area contributed by atoms with Crippen molar-refractivity contribution >= 4 is 28.6 Å². The third-order valence-corrected chi connectivity index (χ3v) is 3.53. The largest absolute Gasteiger partial charge is 0.497 e. The summed E-state index contributed by atoms with van der Waals surface area (Å²) in [6.07, 6.45) is 3.38. The third-order valence-electron chi connectivity index (χ3n) is 2.74. The Morgan fingerprint density at radius 2 is 2.15 bits per heavy atom. The van der Waals surface area contributed by atoms with Crippen LogP contribution in [0.2, 0.25) is 0 Å². The number of H-pyrrole nitrogens is 1. The molecular weight excluding hydrogens is 274 g/mol. The highest BCUT2D eigenvalue weighted by Gasteiger charge is 2.07. The minimum absolute atomic E-state index is 0.729. The Kier molecular flexibility index (Phi) is 3.42. The van der Waals surface area contributed by atoms with Crippen LogP contribution in [0.5, 0.6) is 5.75 Å². The maximum Gasteiger partial charge on any atom is 0.172 e. The van der Waals surface area contributed by atoms with Crippen LogP contribution in [-0.4, -0.2) is 34.1 Å². The topological polar surface area (TPSA) is 75.7 Å². The van der Waals surface area contributed by atoms with Crippen LogP contribution in [0.15, 0.2) is 40.8 Å². The summed E-state index contributed by atoms with van der Waals surface area (Å²) in [7, 11) is 3.46. The van der Waals surface area contributed by atoms with Crippen LogP contribution >= 0.6 is 11.8 Å². The fourth-order valence-corrected chi connectivity index (χ4v) is 2.52. The van der Waals surface area contributed by atoms with Crippen LogP contribution in [0.1, 0.15) is 0 Å². The lowest BCUT2D eigenvalue weighted by molar-refractivity contribution is 0.415. The average molecular weight is 287 g/mol. The van der Waals surface area contributed by atoms with Crippen molar-refractivity contribution < 1.29 is 4.74 Å². The molecule has 0 spiro atoms. The van der Waals surface area contributed by atoms with E-state index in [9.17, 15) is 0 Å². The highest BCUT2D eigenvalue weighted by atomic mass is 32.2. The van der Waals surface area contributed by atoms with Crippen molar-refractivity contribution in [3.63, 3.8) is 0 Å². The van der Waals surface area contributed by atoms with Crippen molar-refractivity contribution in [1.82, 2.24) is 19.9 Å². The number of fused-ring (bicyclic) bond motifs is 1. The van der Waals surface area contributed by atoms with Gasteiger partial charge in [0, 0.05) is 13.1 Å². The number of aromatic nitrogens is 4. The second-order valence-corrected chi connectivity index (χ2v) is 5.03. The molecule has 0 fully saturated rings. The molecule has 2 heterocycles. The molecule has 20 heavy (non-hydrogen) atoms. The number of hydrogen-bond acceptors (Lipinski definition) is 6. The van der Waals surface area contributed by atoms with Gasteiger partial charge in [0.05, 0.1) is 30.5 Å². The number of hydrogen-bond donors (Lipinski definition) is 2. The molecule has 0 aliphatic carbocycles. The van der Waals surface area contributed by atoms with Crippen LogP contribution in [0.4, 0.5) is 5.82 Å². The fourth-order valence-electron chi connectivity index (χ4n) is 1.76. The molecule has 3 aromatic rings. The van der Waals surface area contributed by atoms with E-state index in [1.807, 2.05) is 25.2 Å². The Bertz CT molecular complexity index is 742. The molecule has 6 nitrogen and oxygen atoms in total. The van der Waals surface area contributed by atoms with Crippen molar-refractivity contribution in [3.8, 4) is 5.75 Å². The van der Waals surface area contributed by atoms with Crippen molar-refractivity contribution in [1.29, 1.82) is 0 Å². The molecule has 0 aliphatic rings. The molecule has 2 N–H and O–H groups in total. The van der Waals surface area contributed by atoms with Gasteiger partial charge in [-0.25, -0.2) is 9.97 Å². The number of nitrogens with one attached hydrogen (secondary N) is 2. The Hall–Kier alpha value is -2.28. The quantitative estimate of drug-likeness (QED) is 0.768. The van der Waals surface area contributed by atoms with Crippen LogP contribution in [0.3, 0.4) is 0 Å². The molecule has 0 bridgehead atoms. The third kappa shape index (κ3) is 2.53. The molecule has 0 saturated heterocycles. The van der Waals surface area contributed by atoms with Crippen molar-refractivity contribution in [3.05, 3.63) is 30.6 Å². The zero-order valence-corrected chi connectivity index (χ0v) is 11.9. The van der Waals surface area contributed by atoms with Gasteiger partial charge in [0.25, 0.3) is 0 Å². The predicted octanol–water partition coefficient (Wildman–Crippen LogP) is 2.55. The molecule has 2 aromatic heterocycles. The maximum absolute atomic E-state index is 5.19. The molecular formula is C13H13N5OS. The predicted molar refractivity (Wildman–Crippen MR) is 78.3 cm³/mol. The van der Waals surface area contributed by atoms with E-state index in [4.69, 9.17) is 4.74 Å². The van der Waals surface area contributed by atoms with E-state index in [0.717, 1.165) is 32.8 Å². The summed E-state index contributed by atoms with van der Waals surface area (Å²) in [4.78, 5) is 16.3. The molecule has 0 saturated carbocycles. The van der Waals surface area contributed by atoms with Crippen LogP contribution in [0.25, 0.3) is 11.0 Å².